The standard InChI is InChI=1S/C15H24N2S/c1-2-12-6-8-13(9-7-12)11-14(17-16)15-5-3-4-10-18-15/h6-9,14-15,17H,2-5,10-11,16H2,1H3. The van der Waals surface area contributed by atoms with Crippen LogP contribution in [0.3, 0.4) is 0 Å². The van der Waals surface area contributed by atoms with Gasteiger partial charge in [0, 0.05) is 11.3 Å². The van der Waals surface area contributed by atoms with Crippen molar-refractivity contribution in [1.29, 1.82) is 0 Å². The Labute approximate surface area is 115 Å². The third-order valence-corrected chi connectivity index (χ3v) is 5.28. The Hall–Kier alpha value is -0.510. The number of benzene rings is 1. The van der Waals surface area contributed by atoms with Crippen LogP contribution in [0.25, 0.3) is 0 Å². The molecule has 1 aromatic rings. The second-order valence-corrected chi connectivity index (χ2v) is 6.40. The maximum absolute atomic E-state index is 5.74. The summed E-state index contributed by atoms with van der Waals surface area (Å²) in [5.74, 6) is 7.03. The van der Waals surface area contributed by atoms with E-state index in [2.05, 4.69) is 48.4 Å². The number of hydrogen-bond acceptors (Lipinski definition) is 3. The van der Waals surface area contributed by atoms with E-state index in [4.69, 9.17) is 5.84 Å². The Morgan fingerprint density at radius 1 is 1.28 bits per heavy atom. The van der Waals surface area contributed by atoms with Gasteiger partial charge in [0.1, 0.15) is 0 Å². The number of nitrogens with one attached hydrogen (secondary N) is 1. The Bertz CT molecular complexity index is 344. The summed E-state index contributed by atoms with van der Waals surface area (Å²) in [6.45, 7) is 2.19. The van der Waals surface area contributed by atoms with Crippen LogP contribution in [-0.2, 0) is 12.8 Å². The molecule has 1 saturated heterocycles. The minimum atomic E-state index is 0.405. The van der Waals surface area contributed by atoms with Crippen molar-refractivity contribution in [2.45, 2.75) is 50.3 Å². The third kappa shape index (κ3) is 3.74. The van der Waals surface area contributed by atoms with Gasteiger partial charge >= 0.3 is 0 Å². The zero-order valence-corrected chi connectivity index (χ0v) is 12.0. The molecule has 2 nitrogen and oxygen atoms in total. The smallest absolute Gasteiger partial charge is 0.0369 e. The predicted molar refractivity (Wildman–Crippen MR) is 80.7 cm³/mol. The van der Waals surface area contributed by atoms with Crippen LogP contribution in [0.15, 0.2) is 24.3 Å². The van der Waals surface area contributed by atoms with E-state index >= 15 is 0 Å². The normalized spacial score (nSPS) is 21.8. The second-order valence-electron chi connectivity index (χ2n) is 5.05. The highest BCUT2D eigenvalue weighted by atomic mass is 32.2. The summed E-state index contributed by atoms with van der Waals surface area (Å²) in [5.41, 5.74) is 5.82. The van der Waals surface area contributed by atoms with E-state index in [0.717, 1.165) is 12.8 Å². The summed E-state index contributed by atoms with van der Waals surface area (Å²) in [5, 5.41) is 0.676. The minimum absolute atomic E-state index is 0.405. The summed E-state index contributed by atoms with van der Waals surface area (Å²) in [4.78, 5) is 0. The quantitative estimate of drug-likeness (QED) is 0.634. The Balaban J connectivity index is 1.95. The Kier molecular flexibility index (Phi) is 5.54. The van der Waals surface area contributed by atoms with Gasteiger partial charge < -0.3 is 0 Å². The van der Waals surface area contributed by atoms with Crippen LogP contribution in [0.1, 0.15) is 37.3 Å². The molecule has 3 heteroatoms. The average Bonchev–Trinajstić information content (AvgIpc) is 2.46. The number of nitrogens with two attached hydrogens (primary N) is 1. The molecule has 1 heterocycles. The molecule has 0 bridgehead atoms. The third-order valence-electron chi connectivity index (χ3n) is 3.76. The zero-order valence-electron chi connectivity index (χ0n) is 11.2. The molecule has 2 unspecified atom stereocenters. The zero-order chi connectivity index (χ0) is 12.8. The topological polar surface area (TPSA) is 38.0 Å². The van der Waals surface area contributed by atoms with E-state index < -0.39 is 0 Å². The first kappa shape index (κ1) is 13.9. The van der Waals surface area contributed by atoms with Crippen molar-refractivity contribution >= 4 is 11.8 Å². The first-order valence-corrected chi connectivity index (χ1v) is 8.04. The fraction of sp³-hybridized carbons (Fsp3) is 0.600. The summed E-state index contributed by atoms with van der Waals surface area (Å²) in [6.07, 6.45) is 6.16. The van der Waals surface area contributed by atoms with Gasteiger partial charge in [0.25, 0.3) is 0 Å². The molecule has 0 spiro atoms. The lowest BCUT2D eigenvalue weighted by Crippen LogP contribution is -2.45. The van der Waals surface area contributed by atoms with Crippen molar-refractivity contribution in [2.75, 3.05) is 5.75 Å². The van der Waals surface area contributed by atoms with Gasteiger partial charge in [0.15, 0.2) is 0 Å². The molecule has 1 aliphatic rings. The van der Waals surface area contributed by atoms with Gasteiger partial charge in [-0.15, -0.1) is 0 Å². The summed E-state index contributed by atoms with van der Waals surface area (Å²) >= 11 is 2.08. The summed E-state index contributed by atoms with van der Waals surface area (Å²) in [7, 11) is 0. The lowest BCUT2D eigenvalue weighted by atomic mass is 9.99. The Morgan fingerprint density at radius 3 is 2.56 bits per heavy atom. The first-order chi connectivity index (χ1) is 8.83. The van der Waals surface area contributed by atoms with Crippen molar-refractivity contribution in [3.63, 3.8) is 0 Å². The first-order valence-electron chi connectivity index (χ1n) is 6.99. The van der Waals surface area contributed by atoms with E-state index in [-0.39, 0.29) is 0 Å². The monoisotopic (exact) mass is 264 g/mol. The molecule has 1 aliphatic heterocycles. The second kappa shape index (κ2) is 7.17. The van der Waals surface area contributed by atoms with Crippen LogP contribution in [0.2, 0.25) is 0 Å². The molecule has 1 fully saturated rings. The summed E-state index contributed by atoms with van der Waals surface area (Å²) < 4.78 is 0. The van der Waals surface area contributed by atoms with Gasteiger partial charge in [0.2, 0.25) is 0 Å². The van der Waals surface area contributed by atoms with Crippen LogP contribution in [0.5, 0.6) is 0 Å². The fourth-order valence-corrected chi connectivity index (χ4v) is 3.96. The van der Waals surface area contributed by atoms with Crippen molar-refractivity contribution in [1.82, 2.24) is 5.43 Å². The molecular formula is C15H24N2S. The maximum atomic E-state index is 5.74. The van der Waals surface area contributed by atoms with Crippen molar-refractivity contribution in [3.8, 4) is 0 Å². The van der Waals surface area contributed by atoms with Crippen LogP contribution in [0.4, 0.5) is 0 Å². The molecule has 18 heavy (non-hydrogen) atoms. The highest BCUT2D eigenvalue weighted by Gasteiger charge is 2.23. The minimum Gasteiger partial charge on any atom is -0.271 e. The molecule has 2 rings (SSSR count). The van der Waals surface area contributed by atoms with Gasteiger partial charge in [0.05, 0.1) is 0 Å². The molecule has 3 N–H and O–H groups in total. The molecule has 0 amide bonds. The molecule has 0 aromatic heterocycles. The van der Waals surface area contributed by atoms with E-state index in [0.29, 0.717) is 11.3 Å². The van der Waals surface area contributed by atoms with Crippen LogP contribution in [0, 0.1) is 0 Å². The Morgan fingerprint density at radius 2 is 2.00 bits per heavy atom. The lowest BCUT2D eigenvalue weighted by Gasteiger charge is -2.29. The van der Waals surface area contributed by atoms with E-state index in [9.17, 15) is 0 Å². The van der Waals surface area contributed by atoms with E-state index in [1.54, 1.807) is 0 Å². The molecule has 0 aliphatic carbocycles. The predicted octanol–water partition coefficient (Wildman–Crippen LogP) is 2.91. The van der Waals surface area contributed by atoms with Gasteiger partial charge in [-0.3, -0.25) is 11.3 Å². The molecule has 100 valence electrons. The van der Waals surface area contributed by atoms with Crippen molar-refractivity contribution in [3.05, 3.63) is 35.4 Å². The maximum Gasteiger partial charge on any atom is 0.0369 e. The van der Waals surface area contributed by atoms with Gasteiger partial charge in [-0.1, -0.05) is 37.6 Å². The fourth-order valence-electron chi connectivity index (χ4n) is 2.55. The molecule has 0 radical (unpaired) electrons. The number of hydrazine groups is 1. The van der Waals surface area contributed by atoms with E-state index in [1.807, 2.05) is 0 Å². The number of aryl methyl sites for hydroxylation is 1. The van der Waals surface area contributed by atoms with Gasteiger partial charge in [-0.05, 0) is 42.6 Å². The average molecular weight is 264 g/mol. The highest BCUT2D eigenvalue weighted by molar-refractivity contribution is 8.00. The van der Waals surface area contributed by atoms with Crippen LogP contribution < -0.4 is 11.3 Å². The highest BCUT2D eigenvalue weighted by Crippen LogP contribution is 2.28. The SMILES string of the molecule is CCc1ccc(CC(NN)C2CCCCS2)cc1. The largest absolute Gasteiger partial charge is 0.271 e. The molecule has 1 aromatic carbocycles. The molecule has 0 saturated carbocycles. The van der Waals surface area contributed by atoms with E-state index in [1.165, 1.54) is 36.1 Å². The summed E-state index contributed by atoms with van der Waals surface area (Å²) in [6, 6.07) is 9.36. The van der Waals surface area contributed by atoms with Gasteiger partial charge in [-0.25, -0.2) is 0 Å². The van der Waals surface area contributed by atoms with Crippen molar-refractivity contribution < 1.29 is 0 Å². The van der Waals surface area contributed by atoms with Gasteiger partial charge in [-0.2, -0.15) is 11.8 Å². The van der Waals surface area contributed by atoms with Crippen molar-refractivity contribution in [2.24, 2.45) is 5.84 Å². The number of rotatable bonds is 5. The lowest BCUT2D eigenvalue weighted by molar-refractivity contribution is 0.472. The van der Waals surface area contributed by atoms with Crippen LogP contribution >= 0.6 is 11.8 Å². The molecular weight excluding hydrogens is 240 g/mol. The number of thioether (sulfide) groups is 1. The number of hydrogen-bond donors (Lipinski definition) is 2. The van der Waals surface area contributed by atoms with Crippen LogP contribution in [-0.4, -0.2) is 17.0 Å². The molecule has 2 atom stereocenters.